The molecular weight excluding hydrogens is 230 g/mol. The van der Waals surface area contributed by atoms with Gasteiger partial charge in [-0.15, -0.1) is 0 Å². The van der Waals surface area contributed by atoms with E-state index in [1.807, 2.05) is 0 Å². The van der Waals surface area contributed by atoms with Crippen LogP contribution in [0.25, 0.3) is 0 Å². The highest BCUT2D eigenvalue weighted by atomic mass is 16.5. The van der Waals surface area contributed by atoms with Gasteiger partial charge in [-0.2, -0.15) is 0 Å². The molecule has 0 saturated heterocycles. The lowest BCUT2D eigenvalue weighted by Crippen LogP contribution is -2.32. The van der Waals surface area contributed by atoms with Crippen LogP contribution in [0, 0.1) is 11.3 Å². The lowest BCUT2D eigenvalue weighted by Gasteiger charge is -2.34. The third-order valence-corrected chi connectivity index (χ3v) is 3.50. The van der Waals surface area contributed by atoms with Crippen molar-refractivity contribution >= 4 is 17.6 Å². The van der Waals surface area contributed by atoms with Crippen LogP contribution < -0.4 is 0 Å². The summed E-state index contributed by atoms with van der Waals surface area (Å²) in [5, 5.41) is 0. The molecule has 1 aliphatic heterocycles. The van der Waals surface area contributed by atoms with Gasteiger partial charge < -0.3 is 4.74 Å². The maximum atomic E-state index is 11.8. The van der Waals surface area contributed by atoms with Gasteiger partial charge in [-0.3, -0.25) is 9.59 Å². The largest absolute Gasteiger partial charge is 0.465 e. The van der Waals surface area contributed by atoms with Gasteiger partial charge in [0.25, 0.3) is 5.91 Å². The Morgan fingerprint density at radius 3 is 2.94 bits per heavy atom. The molecule has 98 valence electrons. The summed E-state index contributed by atoms with van der Waals surface area (Å²) in [7, 11) is 0. The zero-order valence-corrected chi connectivity index (χ0v) is 11.2. The number of amides is 1. The molecule has 0 aromatic carbocycles. The summed E-state index contributed by atoms with van der Waals surface area (Å²) >= 11 is 0. The van der Waals surface area contributed by atoms with Crippen molar-refractivity contribution in [2.75, 3.05) is 6.61 Å². The van der Waals surface area contributed by atoms with Gasteiger partial charge in [-0.05, 0) is 37.2 Å². The molecule has 2 aliphatic rings. The van der Waals surface area contributed by atoms with E-state index < -0.39 is 11.9 Å². The average molecular weight is 249 g/mol. The highest BCUT2D eigenvalue weighted by Crippen LogP contribution is 2.39. The van der Waals surface area contributed by atoms with Gasteiger partial charge in [0.2, 0.25) is 0 Å². The van der Waals surface area contributed by atoms with Gasteiger partial charge in [-0.25, -0.2) is 4.99 Å². The molecule has 1 amide bonds. The van der Waals surface area contributed by atoms with Crippen molar-refractivity contribution in [2.45, 2.75) is 40.0 Å². The summed E-state index contributed by atoms with van der Waals surface area (Å²) < 4.78 is 4.91. The Hall–Kier alpha value is -1.45. The first-order valence-corrected chi connectivity index (χ1v) is 6.42. The van der Waals surface area contributed by atoms with Crippen LogP contribution in [-0.2, 0) is 14.3 Å². The van der Waals surface area contributed by atoms with Crippen molar-refractivity contribution in [1.82, 2.24) is 0 Å². The Labute approximate surface area is 107 Å². The molecule has 0 aromatic heterocycles. The van der Waals surface area contributed by atoms with Crippen molar-refractivity contribution in [2.24, 2.45) is 16.3 Å². The molecule has 1 heterocycles. The van der Waals surface area contributed by atoms with E-state index in [0.717, 1.165) is 30.5 Å². The molecule has 18 heavy (non-hydrogen) atoms. The fraction of sp³-hybridized carbons (Fsp3) is 0.643. The number of rotatable bonds is 2. The fourth-order valence-electron chi connectivity index (χ4n) is 2.48. The molecule has 1 fully saturated rings. The predicted octanol–water partition coefficient (Wildman–Crippen LogP) is 2.28. The Morgan fingerprint density at radius 1 is 1.56 bits per heavy atom. The Bertz CT molecular complexity index is 446. The summed E-state index contributed by atoms with van der Waals surface area (Å²) in [6.45, 7) is 6.41. The summed E-state index contributed by atoms with van der Waals surface area (Å²) in [6.07, 6.45) is 4.47. The maximum Gasteiger partial charge on any atom is 0.322 e. The van der Waals surface area contributed by atoms with Gasteiger partial charge >= 0.3 is 5.97 Å². The van der Waals surface area contributed by atoms with Gasteiger partial charge in [0.15, 0.2) is 5.92 Å². The van der Waals surface area contributed by atoms with E-state index in [1.54, 1.807) is 13.0 Å². The van der Waals surface area contributed by atoms with E-state index in [2.05, 4.69) is 18.8 Å². The van der Waals surface area contributed by atoms with E-state index in [9.17, 15) is 9.59 Å². The second-order valence-electron chi connectivity index (χ2n) is 5.66. The third-order valence-electron chi connectivity index (χ3n) is 3.50. The fourth-order valence-corrected chi connectivity index (χ4v) is 2.48. The third kappa shape index (κ3) is 2.52. The Morgan fingerprint density at radius 2 is 2.28 bits per heavy atom. The molecule has 0 N–H and O–H groups in total. The number of carbonyl (C=O) groups is 2. The lowest BCUT2D eigenvalue weighted by atomic mass is 9.72. The molecule has 0 bridgehead atoms. The topological polar surface area (TPSA) is 55.7 Å². The Balaban J connectivity index is 2.23. The highest BCUT2D eigenvalue weighted by Gasteiger charge is 2.35. The second-order valence-corrected chi connectivity index (χ2v) is 5.66. The number of fused-ring (bicyclic) bond motifs is 1. The molecular formula is C14H19NO3. The number of aliphatic imine (C=N–C) groups is 1. The molecule has 0 radical (unpaired) electrons. The van der Waals surface area contributed by atoms with E-state index in [-0.39, 0.29) is 17.9 Å². The average Bonchev–Trinajstić information content (AvgIpc) is 2.28. The quantitative estimate of drug-likeness (QED) is 0.557. The van der Waals surface area contributed by atoms with Crippen molar-refractivity contribution in [1.29, 1.82) is 0 Å². The van der Waals surface area contributed by atoms with Crippen molar-refractivity contribution < 1.29 is 14.3 Å². The molecule has 1 atom stereocenters. The molecule has 1 saturated carbocycles. The van der Waals surface area contributed by atoms with E-state index in [0.29, 0.717) is 0 Å². The van der Waals surface area contributed by atoms with Crippen LogP contribution in [0.2, 0.25) is 0 Å². The lowest BCUT2D eigenvalue weighted by molar-refractivity contribution is -0.149. The van der Waals surface area contributed by atoms with Gasteiger partial charge in [0, 0.05) is 5.71 Å². The number of esters is 1. The first kappa shape index (κ1) is 13.0. The molecule has 2 rings (SSSR count). The monoisotopic (exact) mass is 249 g/mol. The first-order valence-electron chi connectivity index (χ1n) is 6.42. The van der Waals surface area contributed by atoms with Crippen LogP contribution in [0.1, 0.15) is 40.0 Å². The van der Waals surface area contributed by atoms with Crippen LogP contribution in [0.5, 0.6) is 0 Å². The number of hydrogen-bond acceptors (Lipinski definition) is 3. The molecule has 1 unspecified atom stereocenters. The van der Waals surface area contributed by atoms with Crippen molar-refractivity contribution in [3.05, 3.63) is 11.6 Å². The standard InChI is InChI=1S/C14H19NO3/c1-4-18-13(17)10-7-9-8-14(2,3)6-5-11(9)15-12(10)16/h7,10H,4-6,8H2,1-3H3. The summed E-state index contributed by atoms with van der Waals surface area (Å²) in [5.41, 5.74) is 2.12. The van der Waals surface area contributed by atoms with Crippen molar-refractivity contribution in [3.63, 3.8) is 0 Å². The zero-order valence-electron chi connectivity index (χ0n) is 11.2. The molecule has 1 aliphatic carbocycles. The molecule has 0 spiro atoms. The number of carbonyl (C=O) groups excluding carboxylic acids is 2. The number of nitrogens with zero attached hydrogens (tertiary/aromatic N) is 1. The predicted molar refractivity (Wildman–Crippen MR) is 68.3 cm³/mol. The smallest absolute Gasteiger partial charge is 0.322 e. The SMILES string of the molecule is CCOC(=O)C1C=C2CC(C)(C)CCC2=NC1=O. The van der Waals surface area contributed by atoms with Crippen LogP contribution in [0.15, 0.2) is 16.6 Å². The van der Waals surface area contributed by atoms with Crippen LogP contribution in [0.3, 0.4) is 0 Å². The number of allylic oxidation sites excluding steroid dienone is 1. The number of dihydropyridines is 1. The number of hydrogen-bond donors (Lipinski definition) is 0. The first-order chi connectivity index (χ1) is 8.43. The second kappa shape index (κ2) is 4.67. The summed E-state index contributed by atoms with van der Waals surface area (Å²) in [5.74, 6) is -1.70. The van der Waals surface area contributed by atoms with Crippen LogP contribution in [-0.4, -0.2) is 24.2 Å². The van der Waals surface area contributed by atoms with Crippen LogP contribution >= 0.6 is 0 Å². The Kier molecular flexibility index (Phi) is 3.37. The molecule has 4 nitrogen and oxygen atoms in total. The van der Waals surface area contributed by atoms with Crippen molar-refractivity contribution in [3.8, 4) is 0 Å². The van der Waals surface area contributed by atoms with Gasteiger partial charge in [0.1, 0.15) is 0 Å². The normalized spacial score (nSPS) is 25.9. The minimum atomic E-state index is -0.836. The highest BCUT2D eigenvalue weighted by molar-refractivity contribution is 6.14. The van der Waals surface area contributed by atoms with Gasteiger partial charge in [-0.1, -0.05) is 19.9 Å². The number of ether oxygens (including phenoxy) is 1. The van der Waals surface area contributed by atoms with Crippen LogP contribution in [0.4, 0.5) is 0 Å². The van der Waals surface area contributed by atoms with Gasteiger partial charge in [0.05, 0.1) is 6.61 Å². The zero-order chi connectivity index (χ0) is 13.3. The van der Waals surface area contributed by atoms with E-state index in [4.69, 9.17) is 4.74 Å². The maximum absolute atomic E-state index is 11.8. The molecule has 0 aromatic rings. The summed E-state index contributed by atoms with van der Waals surface area (Å²) in [6, 6.07) is 0. The summed E-state index contributed by atoms with van der Waals surface area (Å²) in [4.78, 5) is 27.5. The molecule has 4 heteroatoms. The minimum absolute atomic E-state index is 0.213. The minimum Gasteiger partial charge on any atom is -0.465 e. The van der Waals surface area contributed by atoms with E-state index >= 15 is 0 Å². The van der Waals surface area contributed by atoms with E-state index in [1.165, 1.54) is 0 Å².